The molecule has 0 radical (unpaired) electrons. The van der Waals surface area contributed by atoms with Gasteiger partial charge in [0.1, 0.15) is 5.82 Å². The van der Waals surface area contributed by atoms with E-state index >= 15 is 0 Å². The predicted octanol–water partition coefficient (Wildman–Crippen LogP) is 0.127. The van der Waals surface area contributed by atoms with Crippen molar-refractivity contribution in [2.75, 3.05) is 0 Å². The summed E-state index contributed by atoms with van der Waals surface area (Å²) in [6.45, 7) is 6.00. The molecule has 0 fully saturated rings. The fourth-order valence-electron chi connectivity index (χ4n) is 3.11. The van der Waals surface area contributed by atoms with E-state index in [4.69, 9.17) is 0 Å². The van der Waals surface area contributed by atoms with Crippen molar-refractivity contribution >= 4 is 32.7 Å². The summed E-state index contributed by atoms with van der Waals surface area (Å²) in [4.78, 5) is 11.4. The van der Waals surface area contributed by atoms with Crippen LogP contribution in [0.2, 0.25) is 0 Å². The molecule has 0 saturated carbocycles. The van der Waals surface area contributed by atoms with E-state index in [1.165, 1.54) is 16.3 Å². The van der Waals surface area contributed by atoms with Gasteiger partial charge in [-0.05, 0) is 44.3 Å². The number of hydrogen-bond donors (Lipinski definition) is 0. The van der Waals surface area contributed by atoms with Crippen LogP contribution < -0.4 is 34.7 Å². The average molecular weight is 438 g/mol. The molecule has 0 saturated heterocycles. The quantitative estimate of drug-likeness (QED) is 0.513. The standard InChI is InChI=1S/C20H22BrN3O2.Na/c1-4-13-9-10-14(16-8-6-5-7-15(13)16)12-24-17(22-23-19(24)21)11-20(2,3)18(25)26;/h5-10H,4,11-12H2,1-3H3,(H,25,26);/q;+1/p-1. The fourth-order valence-corrected chi connectivity index (χ4v) is 3.52. The maximum Gasteiger partial charge on any atom is 1.00 e. The molecule has 2 aromatic carbocycles. The number of benzene rings is 2. The van der Waals surface area contributed by atoms with Gasteiger partial charge in [0.2, 0.25) is 0 Å². The monoisotopic (exact) mass is 437 g/mol. The van der Waals surface area contributed by atoms with Crippen molar-refractivity contribution in [3.8, 4) is 0 Å². The molecule has 0 spiro atoms. The number of aliphatic carboxylic acids is 1. The van der Waals surface area contributed by atoms with E-state index in [1.54, 1.807) is 13.8 Å². The topological polar surface area (TPSA) is 70.8 Å². The van der Waals surface area contributed by atoms with Crippen LogP contribution in [0.5, 0.6) is 0 Å². The van der Waals surface area contributed by atoms with E-state index in [0.29, 0.717) is 17.1 Å². The molecule has 3 rings (SSSR count). The Morgan fingerprint density at radius 2 is 1.70 bits per heavy atom. The second kappa shape index (κ2) is 8.86. The molecule has 0 N–H and O–H groups in total. The second-order valence-corrected chi connectivity index (χ2v) is 7.81. The summed E-state index contributed by atoms with van der Waals surface area (Å²) >= 11 is 3.44. The van der Waals surface area contributed by atoms with E-state index in [2.05, 4.69) is 57.3 Å². The Bertz CT molecular complexity index is 969. The number of aryl methyl sites for hydroxylation is 1. The minimum atomic E-state index is -1.10. The van der Waals surface area contributed by atoms with Crippen molar-refractivity contribution in [2.24, 2.45) is 5.41 Å². The average Bonchev–Trinajstić information content (AvgIpc) is 2.94. The Morgan fingerprint density at radius 1 is 1.11 bits per heavy atom. The molecule has 0 unspecified atom stereocenters. The van der Waals surface area contributed by atoms with Gasteiger partial charge in [-0.1, -0.05) is 57.2 Å². The minimum absolute atomic E-state index is 0. The summed E-state index contributed by atoms with van der Waals surface area (Å²) < 4.78 is 2.50. The van der Waals surface area contributed by atoms with Gasteiger partial charge < -0.3 is 14.5 Å². The Morgan fingerprint density at radius 3 is 2.30 bits per heavy atom. The van der Waals surface area contributed by atoms with E-state index in [-0.39, 0.29) is 36.0 Å². The van der Waals surface area contributed by atoms with Gasteiger partial charge in [-0.25, -0.2) is 0 Å². The molecule has 5 nitrogen and oxygen atoms in total. The molecule has 136 valence electrons. The van der Waals surface area contributed by atoms with Crippen molar-refractivity contribution in [3.63, 3.8) is 0 Å². The van der Waals surface area contributed by atoms with Gasteiger partial charge in [-0.2, -0.15) is 0 Å². The molecule has 0 aliphatic rings. The zero-order chi connectivity index (χ0) is 18.9. The first-order chi connectivity index (χ1) is 12.3. The molecular weight excluding hydrogens is 417 g/mol. The molecule has 1 aromatic heterocycles. The van der Waals surface area contributed by atoms with E-state index in [1.807, 2.05) is 16.7 Å². The number of halogens is 1. The second-order valence-electron chi connectivity index (χ2n) is 7.10. The van der Waals surface area contributed by atoms with Crippen LogP contribution in [0.1, 0.15) is 37.7 Å². The van der Waals surface area contributed by atoms with Crippen molar-refractivity contribution in [1.82, 2.24) is 14.8 Å². The SMILES string of the molecule is CCc1ccc(Cn2c(Br)nnc2CC(C)(C)C(=O)[O-])c2ccccc12.[Na+]. The molecule has 0 aliphatic carbocycles. The van der Waals surface area contributed by atoms with Gasteiger partial charge in [0.25, 0.3) is 0 Å². The molecule has 1 heterocycles. The first kappa shape index (κ1) is 22.1. The molecule has 0 bridgehead atoms. The van der Waals surface area contributed by atoms with Crippen molar-refractivity contribution in [2.45, 2.75) is 40.2 Å². The number of fused-ring (bicyclic) bond motifs is 1. The van der Waals surface area contributed by atoms with E-state index in [9.17, 15) is 9.90 Å². The van der Waals surface area contributed by atoms with Crippen LogP contribution in [0, 0.1) is 5.41 Å². The molecule has 0 aliphatic heterocycles. The van der Waals surface area contributed by atoms with Crippen LogP contribution >= 0.6 is 15.9 Å². The van der Waals surface area contributed by atoms with Crippen LogP contribution in [0.15, 0.2) is 41.1 Å². The number of hydrogen-bond acceptors (Lipinski definition) is 4. The number of carbonyl (C=O) groups is 1. The number of carbonyl (C=O) groups excluding carboxylic acids is 1. The molecule has 3 aromatic rings. The summed E-state index contributed by atoms with van der Waals surface area (Å²) in [5, 5.41) is 22.1. The Kier molecular flexibility index (Phi) is 7.25. The van der Waals surface area contributed by atoms with Gasteiger partial charge in [0.15, 0.2) is 4.73 Å². The summed E-state index contributed by atoms with van der Waals surface area (Å²) in [6, 6.07) is 12.6. The number of carboxylic acid groups (broad SMARTS) is 1. The Hall–Kier alpha value is -1.21. The largest absolute Gasteiger partial charge is 1.00 e. The number of rotatable bonds is 6. The molecule has 7 heteroatoms. The van der Waals surface area contributed by atoms with Gasteiger partial charge in [0, 0.05) is 17.8 Å². The molecule has 0 atom stereocenters. The van der Waals surface area contributed by atoms with Crippen LogP contribution in [0.25, 0.3) is 10.8 Å². The number of nitrogens with zero attached hydrogens (tertiary/aromatic N) is 3. The van der Waals surface area contributed by atoms with Crippen LogP contribution in [-0.2, 0) is 24.2 Å². The zero-order valence-corrected chi connectivity index (χ0v) is 19.7. The number of carboxylic acids is 1. The summed E-state index contributed by atoms with van der Waals surface area (Å²) in [5.74, 6) is -0.476. The van der Waals surface area contributed by atoms with Crippen LogP contribution in [0.3, 0.4) is 0 Å². The normalized spacial score (nSPS) is 11.4. The Labute approximate surface area is 189 Å². The molecule has 27 heavy (non-hydrogen) atoms. The third-order valence-corrected chi connectivity index (χ3v) is 5.34. The smallest absolute Gasteiger partial charge is 0.550 e. The molecular formula is C20H21BrN3NaO2. The maximum atomic E-state index is 11.4. The first-order valence-electron chi connectivity index (χ1n) is 8.62. The predicted molar refractivity (Wildman–Crippen MR) is 103 cm³/mol. The maximum absolute atomic E-state index is 11.4. The van der Waals surface area contributed by atoms with Gasteiger partial charge in [0.05, 0.1) is 6.54 Å². The fraction of sp³-hybridized carbons (Fsp3) is 0.350. The van der Waals surface area contributed by atoms with Crippen molar-refractivity contribution in [1.29, 1.82) is 0 Å². The summed E-state index contributed by atoms with van der Waals surface area (Å²) in [5.41, 5.74) is 1.44. The van der Waals surface area contributed by atoms with E-state index < -0.39 is 11.4 Å². The zero-order valence-electron chi connectivity index (χ0n) is 16.1. The van der Waals surface area contributed by atoms with Crippen LogP contribution in [0.4, 0.5) is 0 Å². The summed E-state index contributed by atoms with van der Waals surface area (Å²) in [6.07, 6.45) is 1.22. The third-order valence-electron chi connectivity index (χ3n) is 4.75. The van der Waals surface area contributed by atoms with Gasteiger partial charge >= 0.3 is 29.6 Å². The number of aromatic nitrogens is 3. The van der Waals surface area contributed by atoms with E-state index in [0.717, 1.165) is 12.0 Å². The van der Waals surface area contributed by atoms with Gasteiger partial charge in [-0.3, -0.25) is 0 Å². The first-order valence-corrected chi connectivity index (χ1v) is 9.41. The van der Waals surface area contributed by atoms with Crippen LogP contribution in [-0.4, -0.2) is 20.7 Å². The Balaban J connectivity index is 0.00000261. The van der Waals surface area contributed by atoms with Crippen molar-refractivity contribution < 1.29 is 39.5 Å². The van der Waals surface area contributed by atoms with Crippen molar-refractivity contribution in [3.05, 3.63) is 58.1 Å². The van der Waals surface area contributed by atoms with Gasteiger partial charge in [-0.15, -0.1) is 10.2 Å². The minimum Gasteiger partial charge on any atom is -0.550 e. The third kappa shape index (κ3) is 4.62. The molecule has 0 amide bonds. The summed E-state index contributed by atoms with van der Waals surface area (Å²) in [7, 11) is 0.